The van der Waals surface area contributed by atoms with Crippen LogP contribution in [0.4, 0.5) is 0 Å². The highest BCUT2D eigenvalue weighted by molar-refractivity contribution is 6.10. The maximum Gasteiger partial charge on any atom is 0.339 e. The van der Waals surface area contributed by atoms with Gasteiger partial charge >= 0.3 is 5.97 Å². The van der Waals surface area contributed by atoms with Crippen LogP contribution in [0.2, 0.25) is 6.32 Å². The van der Waals surface area contributed by atoms with Crippen LogP contribution in [0.3, 0.4) is 0 Å². The number of fused-ring (bicyclic) bond motifs is 3. The molecule has 1 aliphatic carbocycles. The second-order valence-electron chi connectivity index (χ2n) is 8.27. The molecular weight excluding hydrogens is 379 g/mol. The van der Waals surface area contributed by atoms with E-state index in [0.717, 1.165) is 18.4 Å². The highest BCUT2D eigenvalue weighted by Crippen LogP contribution is 2.57. The second kappa shape index (κ2) is 9.62. The number of aromatic carboxylic acids is 1. The lowest BCUT2D eigenvalue weighted by atomic mass is 9.66. The number of rotatable bonds is 4. The Morgan fingerprint density at radius 3 is 2.60 bits per heavy atom. The lowest BCUT2D eigenvalue weighted by Crippen LogP contribution is -2.50. The number of benzene rings is 1. The molecule has 160 valence electrons. The van der Waals surface area contributed by atoms with Gasteiger partial charge in [0, 0.05) is 11.5 Å². The minimum absolute atomic E-state index is 0.0380. The summed E-state index contributed by atoms with van der Waals surface area (Å²) in [4.78, 5) is 11.8. The van der Waals surface area contributed by atoms with E-state index in [2.05, 4.69) is 18.4 Å². The third-order valence-corrected chi connectivity index (χ3v) is 5.95. The molecular formula is C24H31BO5. The van der Waals surface area contributed by atoms with Crippen molar-refractivity contribution in [1.82, 2.24) is 0 Å². The fourth-order valence-corrected chi connectivity index (χ4v) is 4.55. The first-order valence-electron chi connectivity index (χ1n) is 10.4. The molecule has 3 N–H and O–H groups in total. The van der Waals surface area contributed by atoms with Crippen LogP contribution in [-0.2, 0) is 6.42 Å². The van der Waals surface area contributed by atoms with E-state index in [1.165, 1.54) is 0 Å². The lowest BCUT2D eigenvalue weighted by Gasteiger charge is -2.42. The zero-order chi connectivity index (χ0) is 22.6. The number of aliphatic hydroxyl groups is 1. The van der Waals surface area contributed by atoms with E-state index < -0.39 is 17.7 Å². The molecule has 0 aromatic heterocycles. The molecule has 3 rings (SSSR count). The summed E-state index contributed by atoms with van der Waals surface area (Å²) in [5.74, 6) is 4.17. The summed E-state index contributed by atoms with van der Waals surface area (Å²) in [5.41, 5.74) is 0.953. The molecule has 5 nitrogen and oxygen atoms in total. The lowest BCUT2D eigenvalue weighted by molar-refractivity contribution is -0.0824. The highest BCUT2D eigenvalue weighted by atomic mass is 16.5. The average molecular weight is 410 g/mol. The van der Waals surface area contributed by atoms with E-state index in [1.807, 2.05) is 13.8 Å². The van der Waals surface area contributed by atoms with Gasteiger partial charge in [-0.25, -0.2) is 4.79 Å². The van der Waals surface area contributed by atoms with E-state index in [1.54, 1.807) is 19.9 Å². The summed E-state index contributed by atoms with van der Waals surface area (Å²) in [6, 6.07) is 1.73. The van der Waals surface area contributed by atoms with Gasteiger partial charge in [0.25, 0.3) is 0 Å². The van der Waals surface area contributed by atoms with Gasteiger partial charge < -0.3 is 20.1 Å². The van der Waals surface area contributed by atoms with Crippen molar-refractivity contribution in [3.63, 3.8) is 0 Å². The zero-order valence-corrected chi connectivity index (χ0v) is 18.3. The van der Waals surface area contributed by atoms with Crippen molar-refractivity contribution in [3.05, 3.63) is 34.9 Å². The molecule has 1 saturated carbocycles. The normalized spacial score (nSPS) is 26.1. The molecule has 4 atom stereocenters. The molecule has 1 aromatic rings. The SMILES string of the molecule is C=C(C)[C@@H]1CC[C@](C)(O)[C@H]2Oc3cc(CCC)c(C(=O)O)c(O)c3[C@@H]12.[B]CC#CC. The fraction of sp³-hybridized carbons (Fsp3) is 0.542. The topological polar surface area (TPSA) is 87.0 Å². The molecule has 1 aliphatic heterocycles. The summed E-state index contributed by atoms with van der Waals surface area (Å²) in [7, 11) is 4.97. The largest absolute Gasteiger partial charge is 0.507 e. The number of aryl methyl sites for hydroxylation is 1. The summed E-state index contributed by atoms with van der Waals surface area (Å²) in [5, 5.41) is 31.2. The van der Waals surface area contributed by atoms with Crippen LogP contribution < -0.4 is 4.74 Å². The molecule has 2 radical (unpaired) electrons. The molecule has 0 saturated heterocycles. The number of phenols is 1. The van der Waals surface area contributed by atoms with E-state index in [9.17, 15) is 20.1 Å². The first kappa shape index (κ1) is 23.9. The van der Waals surface area contributed by atoms with Crippen molar-refractivity contribution in [1.29, 1.82) is 0 Å². The van der Waals surface area contributed by atoms with Gasteiger partial charge in [-0.05, 0) is 63.9 Å². The first-order chi connectivity index (χ1) is 14.1. The maximum absolute atomic E-state index is 11.8. The number of carboxylic acid groups (broad SMARTS) is 1. The Morgan fingerprint density at radius 2 is 2.13 bits per heavy atom. The van der Waals surface area contributed by atoms with Crippen molar-refractivity contribution < 1.29 is 24.9 Å². The van der Waals surface area contributed by atoms with Crippen molar-refractivity contribution in [2.75, 3.05) is 0 Å². The predicted molar refractivity (Wildman–Crippen MR) is 118 cm³/mol. The van der Waals surface area contributed by atoms with Gasteiger partial charge in [0.2, 0.25) is 0 Å². The van der Waals surface area contributed by atoms with Crippen molar-refractivity contribution in [2.24, 2.45) is 5.92 Å². The smallest absolute Gasteiger partial charge is 0.339 e. The summed E-state index contributed by atoms with van der Waals surface area (Å²) < 4.78 is 6.07. The van der Waals surface area contributed by atoms with Crippen LogP contribution in [-0.4, -0.2) is 40.8 Å². The minimum atomic E-state index is -1.14. The minimum Gasteiger partial charge on any atom is -0.507 e. The van der Waals surface area contributed by atoms with Gasteiger partial charge in [-0.2, -0.15) is 0 Å². The van der Waals surface area contributed by atoms with Crippen LogP contribution in [0, 0.1) is 17.8 Å². The van der Waals surface area contributed by atoms with Crippen molar-refractivity contribution in [3.8, 4) is 23.3 Å². The van der Waals surface area contributed by atoms with Crippen molar-refractivity contribution in [2.45, 2.75) is 77.3 Å². The number of ether oxygens (including phenoxy) is 1. The Bertz CT molecular complexity index is 878. The number of hydrogen-bond acceptors (Lipinski definition) is 4. The van der Waals surface area contributed by atoms with E-state index in [0.29, 0.717) is 36.0 Å². The number of carboxylic acids is 1. The molecule has 1 heterocycles. The Balaban J connectivity index is 0.000000575. The Morgan fingerprint density at radius 1 is 1.47 bits per heavy atom. The fourth-order valence-electron chi connectivity index (χ4n) is 4.55. The van der Waals surface area contributed by atoms with Gasteiger partial charge in [-0.3, -0.25) is 0 Å². The summed E-state index contributed by atoms with van der Waals surface area (Å²) in [6.07, 6.45) is 2.58. The van der Waals surface area contributed by atoms with Crippen LogP contribution in [0.5, 0.6) is 11.5 Å². The van der Waals surface area contributed by atoms with Crippen LogP contribution in [0.1, 0.15) is 74.4 Å². The highest BCUT2D eigenvalue weighted by Gasteiger charge is 2.54. The third-order valence-electron chi connectivity index (χ3n) is 5.95. The van der Waals surface area contributed by atoms with Gasteiger partial charge in [0.15, 0.2) is 0 Å². The molecule has 0 bridgehead atoms. The van der Waals surface area contributed by atoms with Gasteiger partial charge in [-0.1, -0.05) is 25.5 Å². The molecule has 0 spiro atoms. The monoisotopic (exact) mass is 410 g/mol. The summed E-state index contributed by atoms with van der Waals surface area (Å²) in [6.45, 7) is 11.5. The predicted octanol–water partition coefficient (Wildman–Crippen LogP) is 4.22. The van der Waals surface area contributed by atoms with E-state index in [4.69, 9.17) is 12.6 Å². The standard InChI is InChI=1S/C20H26O5.C4H5B/c1-5-6-11-9-13-16(17(21)14(11)19(22)23)15-12(10(2)3)7-8-20(4,24)18(15)25-13;1-2-3-4-5/h9,12,15,18,21,24H,2,5-8H2,1,3-4H3,(H,22,23);4H2,1H3/t12-,15+,18-,20-;/m0./s1. The van der Waals surface area contributed by atoms with Crippen LogP contribution in [0.25, 0.3) is 0 Å². The Kier molecular flexibility index (Phi) is 7.66. The molecule has 1 aromatic carbocycles. The number of allylic oxidation sites excluding steroid dienone is 1. The molecule has 30 heavy (non-hydrogen) atoms. The molecule has 6 heteroatoms. The van der Waals surface area contributed by atoms with Gasteiger partial charge in [0.1, 0.15) is 23.2 Å². The number of aromatic hydroxyl groups is 1. The van der Waals surface area contributed by atoms with Crippen molar-refractivity contribution >= 4 is 13.8 Å². The van der Waals surface area contributed by atoms with E-state index in [-0.39, 0.29) is 23.1 Å². The Labute approximate surface area is 180 Å². The Hall–Kier alpha value is -2.39. The van der Waals surface area contributed by atoms with Gasteiger partial charge in [-0.15, -0.1) is 11.8 Å². The molecule has 2 aliphatic rings. The summed E-state index contributed by atoms with van der Waals surface area (Å²) >= 11 is 0. The zero-order valence-electron chi connectivity index (χ0n) is 18.3. The molecule has 1 fully saturated rings. The number of carbonyl (C=O) groups is 1. The van der Waals surface area contributed by atoms with Crippen LogP contribution >= 0.6 is 0 Å². The second-order valence-corrected chi connectivity index (χ2v) is 8.27. The average Bonchev–Trinajstić information content (AvgIpc) is 3.04. The first-order valence-corrected chi connectivity index (χ1v) is 10.4. The van der Waals surface area contributed by atoms with E-state index >= 15 is 0 Å². The van der Waals surface area contributed by atoms with Gasteiger partial charge in [0.05, 0.1) is 13.4 Å². The quantitative estimate of drug-likeness (QED) is 0.393. The van der Waals surface area contributed by atoms with Crippen LogP contribution in [0.15, 0.2) is 18.2 Å². The molecule has 0 amide bonds. The molecule has 0 unspecified atom stereocenters. The number of hydrogen-bond donors (Lipinski definition) is 3. The third kappa shape index (κ3) is 4.52. The maximum atomic E-state index is 11.8.